The van der Waals surface area contributed by atoms with Gasteiger partial charge in [-0.2, -0.15) is 0 Å². The van der Waals surface area contributed by atoms with E-state index in [1.165, 1.54) is 30.4 Å². The SMILES string of the molecule is CCC(C)CC(Br)c1ccc(CC(C)C)cc1. The van der Waals surface area contributed by atoms with Gasteiger partial charge in [0.2, 0.25) is 0 Å². The Kier molecular flexibility index (Phi) is 6.26. The van der Waals surface area contributed by atoms with Gasteiger partial charge in [-0.15, -0.1) is 0 Å². The second kappa shape index (κ2) is 7.20. The Labute approximate surface area is 115 Å². The van der Waals surface area contributed by atoms with Crippen LogP contribution >= 0.6 is 15.9 Å². The van der Waals surface area contributed by atoms with Crippen LogP contribution in [0.1, 0.15) is 56.5 Å². The molecule has 0 spiro atoms. The fourth-order valence-electron chi connectivity index (χ4n) is 1.99. The molecule has 1 aromatic rings. The van der Waals surface area contributed by atoms with E-state index in [2.05, 4.69) is 67.9 Å². The number of benzene rings is 1. The summed E-state index contributed by atoms with van der Waals surface area (Å²) in [4.78, 5) is 0.505. The van der Waals surface area contributed by atoms with E-state index in [0.717, 1.165) is 11.8 Å². The lowest BCUT2D eigenvalue weighted by Gasteiger charge is -2.15. The van der Waals surface area contributed by atoms with E-state index in [4.69, 9.17) is 0 Å². The molecule has 2 unspecified atom stereocenters. The first-order valence-corrected chi connectivity index (χ1v) is 7.67. The Morgan fingerprint density at radius 3 is 2.12 bits per heavy atom. The number of halogens is 1. The van der Waals surface area contributed by atoms with E-state index in [1.54, 1.807) is 0 Å². The lowest BCUT2D eigenvalue weighted by Crippen LogP contribution is -1.99. The molecule has 0 aliphatic rings. The summed E-state index contributed by atoms with van der Waals surface area (Å²) < 4.78 is 0. The first kappa shape index (κ1) is 14.8. The van der Waals surface area contributed by atoms with E-state index in [0.29, 0.717) is 4.83 Å². The molecular weight excluding hydrogens is 272 g/mol. The maximum atomic E-state index is 3.80. The average Bonchev–Trinajstić information content (AvgIpc) is 2.28. The molecule has 0 saturated carbocycles. The molecule has 0 aromatic heterocycles. The van der Waals surface area contributed by atoms with Crippen LogP contribution in [-0.2, 0) is 6.42 Å². The number of rotatable bonds is 6. The molecule has 0 nitrogen and oxygen atoms in total. The first-order valence-electron chi connectivity index (χ1n) is 6.75. The molecule has 0 amide bonds. The third kappa shape index (κ3) is 5.25. The molecular formula is C16H25Br. The minimum Gasteiger partial charge on any atom is -0.0839 e. The third-order valence-electron chi connectivity index (χ3n) is 3.29. The van der Waals surface area contributed by atoms with Gasteiger partial charge in [0, 0.05) is 4.83 Å². The van der Waals surface area contributed by atoms with Gasteiger partial charge in [0.1, 0.15) is 0 Å². The third-order valence-corrected chi connectivity index (χ3v) is 4.19. The standard InChI is InChI=1S/C16H25Br/c1-5-13(4)11-16(17)15-8-6-14(7-9-15)10-12(2)3/h6-9,12-13,16H,5,10-11H2,1-4H3. The van der Waals surface area contributed by atoms with Gasteiger partial charge in [-0.1, -0.05) is 74.3 Å². The van der Waals surface area contributed by atoms with Gasteiger partial charge < -0.3 is 0 Å². The monoisotopic (exact) mass is 296 g/mol. The van der Waals surface area contributed by atoms with Gasteiger partial charge in [-0.3, -0.25) is 0 Å². The number of hydrogen-bond acceptors (Lipinski definition) is 0. The fraction of sp³-hybridized carbons (Fsp3) is 0.625. The lowest BCUT2D eigenvalue weighted by atomic mass is 9.97. The van der Waals surface area contributed by atoms with Crippen molar-refractivity contribution in [1.82, 2.24) is 0 Å². The highest BCUT2D eigenvalue weighted by atomic mass is 79.9. The molecule has 2 atom stereocenters. The van der Waals surface area contributed by atoms with Crippen LogP contribution in [0.4, 0.5) is 0 Å². The van der Waals surface area contributed by atoms with Crippen molar-refractivity contribution >= 4 is 15.9 Å². The molecule has 0 aliphatic heterocycles. The van der Waals surface area contributed by atoms with Crippen molar-refractivity contribution in [2.45, 2.75) is 51.8 Å². The quantitative estimate of drug-likeness (QED) is 0.586. The van der Waals surface area contributed by atoms with Gasteiger partial charge in [-0.25, -0.2) is 0 Å². The largest absolute Gasteiger partial charge is 0.0839 e. The predicted molar refractivity (Wildman–Crippen MR) is 80.7 cm³/mol. The Morgan fingerprint density at radius 1 is 1.06 bits per heavy atom. The van der Waals surface area contributed by atoms with Crippen LogP contribution in [0.5, 0.6) is 0 Å². The summed E-state index contributed by atoms with van der Waals surface area (Å²) in [5.74, 6) is 1.52. The molecule has 1 aromatic carbocycles. The van der Waals surface area contributed by atoms with Crippen LogP contribution in [0.3, 0.4) is 0 Å². The molecule has 1 heteroatoms. The highest BCUT2D eigenvalue weighted by Crippen LogP contribution is 2.31. The lowest BCUT2D eigenvalue weighted by molar-refractivity contribution is 0.514. The molecule has 0 N–H and O–H groups in total. The van der Waals surface area contributed by atoms with Gasteiger partial charge in [0.05, 0.1) is 0 Å². The minimum atomic E-state index is 0.505. The summed E-state index contributed by atoms with van der Waals surface area (Å²) in [6.45, 7) is 9.12. The second-order valence-electron chi connectivity index (χ2n) is 5.56. The molecule has 17 heavy (non-hydrogen) atoms. The van der Waals surface area contributed by atoms with Gasteiger partial charge in [0.15, 0.2) is 0 Å². The van der Waals surface area contributed by atoms with Gasteiger partial charge in [0.25, 0.3) is 0 Å². The summed E-state index contributed by atoms with van der Waals surface area (Å²) in [6, 6.07) is 9.11. The van der Waals surface area contributed by atoms with Crippen molar-refractivity contribution in [2.75, 3.05) is 0 Å². The molecule has 0 heterocycles. The summed E-state index contributed by atoms with van der Waals surface area (Å²) in [6.07, 6.45) is 3.66. The molecule has 0 fully saturated rings. The van der Waals surface area contributed by atoms with Crippen LogP contribution in [-0.4, -0.2) is 0 Å². The van der Waals surface area contributed by atoms with Crippen molar-refractivity contribution in [2.24, 2.45) is 11.8 Å². The van der Waals surface area contributed by atoms with Crippen LogP contribution in [0, 0.1) is 11.8 Å². The van der Waals surface area contributed by atoms with Crippen LogP contribution in [0.15, 0.2) is 24.3 Å². The summed E-state index contributed by atoms with van der Waals surface area (Å²) >= 11 is 3.80. The number of hydrogen-bond donors (Lipinski definition) is 0. The Hall–Kier alpha value is -0.300. The highest BCUT2D eigenvalue weighted by Gasteiger charge is 2.11. The summed E-state index contributed by atoms with van der Waals surface area (Å²) in [5, 5.41) is 0. The fourth-order valence-corrected chi connectivity index (χ4v) is 2.93. The molecule has 96 valence electrons. The topological polar surface area (TPSA) is 0 Å². The molecule has 1 rings (SSSR count). The van der Waals surface area contributed by atoms with Crippen molar-refractivity contribution in [3.63, 3.8) is 0 Å². The Balaban J connectivity index is 2.60. The van der Waals surface area contributed by atoms with Gasteiger partial charge >= 0.3 is 0 Å². The summed E-state index contributed by atoms with van der Waals surface area (Å²) in [5.41, 5.74) is 2.87. The average molecular weight is 297 g/mol. The van der Waals surface area contributed by atoms with Crippen molar-refractivity contribution in [3.05, 3.63) is 35.4 Å². The van der Waals surface area contributed by atoms with E-state index < -0.39 is 0 Å². The maximum Gasteiger partial charge on any atom is 0.0397 e. The van der Waals surface area contributed by atoms with Crippen LogP contribution in [0.25, 0.3) is 0 Å². The van der Waals surface area contributed by atoms with Crippen LogP contribution in [0.2, 0.25) is 0 Å². The van der Waals surface area contributed by atoms with Crippen molar-refractivity contribution < 1.29 is 0 Å². The smallest absolute Gasteiger partial charge is 0.0397 e. The maximum absolute atomic E-state index is 3.80. The first-order chi connectivity index (χ1) is 8.02. The minimum absolute atomic E-state index is 0.505. The summed E-state index contributed by atoms with van der Waals surface area (Å²) in [7, 11) is 0. The molecule has 0 aliphatic carbocycles. The zero-order valence-electron chi connectivity index (χ0n) is 11.5. The molecule has 0 radical (unpaired) electrons. The Bertz CT molecular complexity index is 313. The van der Waals surface area contributed by atoms with Gasteiger partial charge in [-0.05, 0) is 35.8 Å². The predicted octanol–water partition coefficient (Wildman–Crippen LogP) is 5.76. The number of alkyl halides is 1. The zero-order valence-corrected chi connectivity index (χ0v) is 13.1. The van der Waals surface area contributed by atoms with Crippen LogP contribution < -0.4 is 0 Å². The second-order valence-corrected chi connectivity index (χ2v) is 6.66. The highest BCUT2D eigenvalue weighted by molar-refractivity contribution is 9.09. The van der Waals surface area contributed by atoms with E-state index in [1.807, 2.05) is 0 Å². The van der Waals surface area contributed by atoms with E-state index in [-0.39, 0.29) is 0 Å². The zero-order chi connectivity index (χ0) is 12.8. The molecule has 0 bridgehead atoms. The normalized spacial score (nSPS) is 14.9. The van der Waals surface area contributed by atoms with Crippen molar-refractivity contribution in [1.29, 1.82) is 0 Å². The Morgan fingerprint density at radius 2 is 1.65 bits per heavy atom. The van der Waals surface area contributed by atoms with E-state index in [9.17, 15) is 0 Å². The van der Waals surface area contributed by atoms with E-state index >= 15 is 0 Å². The molecule has 0 saturated heterocycles. The van der Waals surface area contributed by atoms with Crippen molar-refractivity contribution in [3.8, 4) is 0 Å².